The van der Waals surface area contributed by atoms with Gasteiger partial charge in [0.2, 0.25) is 0 Å². The maximum atomic E-state index is 12.3. The lowest BCUT2D eigenvalue weighted by molar-refractivity contribution is 0.00578. The van der Waals surface area contributed by atoms with Crippen molar-refractivity contribution in [2.75, 3.05) is 20.8 Å². The number of hydrogen-bond donors (Lipinski definition) is 1. The lowest BCUT2D eigenvalue weighted by Crippen LogP contribution is -2.41. The number of ether oxygens (including phenoxy) is 3. The molecule has 1 amide bonds. The zero-order valence-corrected chi connectivity index (χ0v) is 20.5. The fourth-order valence-electron chi connectivity index (χ4n) is 2.98. The summed E-state index contributed by atoms with van der Waals surface area (Å²) in [6.07, 6.45) is 1.22. The molecular formula is C23H34BNO7. The van der Waals surface area contributed by atoms with Crippen LogP contribution in [0.4, 0.5) is 4.79 Å². The van der Waals surface area contributed by atoms with Crippen LogP contribution in [0.3, 0.4) is 0 Å². The normalized spacial score (nSPS) is 17.7. The highest BCUT2D eigenvalue weighted by Crippen LogP contribution is 2.39. The van der Waals surface area contributed by atoms with E-state index in [0.29, 0.717) is 22.3 Å². The Balaban J connectivity index is 2.43. The number of rotatable bonds is 6. The summed E-state index contributed by atoms with van der Waals surface area (Å²) in [5.41, 5.74) is -0.147. The lowest BCUT2D eigenvalue weighted by Gasteiger charge is -2.32. The van der Waals surface area contributed by atoms with Crippen molar-refractivity contribution in [2.24, 2.45) is 0 Å². The Morgan fingerprint density at radius 2 is 1.69 bits per heavy atom. The quantitative estimate of drug-likeness (QED) is 0.520. The van der Waals surface area contributed by atoms with Crippen molar-refractivity contribution in [2.45, 2.75) is 65.3 Å². The number of hydrogen-bond acceptors (Lipinski definition) is 7. The molecule has 0 radical (unpaired) electrons. The molecule has 1 aliphatic heterocycles. The summed E-state index contributed by atoms with van der Waals surface area (Å²) in [6.45, 7) is 13.3. The molecule has 0 unspecified atom stereocenters. The van der Waals surface area contributed by atoms with Crippen molar-refractivity contribution in [1.82, 2.24) is 5.32 Å². The SMILES string of the molecule is COC(=O)c1ccc(OC)c(C=C(CNC(=O)OC(C)(C)C)B2OC(C)(C)C(C)(C)O2)c1. The van der Waals surface area contributed by atoms with Gasteiger partial charge in [-0.1, -0.05) is 6.08 Å². The summed E-state index contributed by atoms with van der Waals surface area (Å²) in [6, 6.07) is 4.96. The number of amides is 1. The molecule has 1 aromatic rings. The van der Waals surface area contributed by atoms with Crippen LogP contribution < -0.4 is 10.1 Å². The molecule has 9 heteroatoms. The molecule has 0 aromatic heterocycles. The number of carbonyl (C=O) groups excluding carboxylic acids is 2. The maximum absolute atomic E-state index is 12.3. The number of carbonyl (C=O) groups is 2. The van der Waals surface area contributed by atoms with Crippen molar-refractivity contribution >= 4 is 25.3 Å². The van der Waals surface area contributed by atoms with E-state index in [4.69, 9.17) is 23.5 Å². The Morgan fingerprint density at radius 3 is 2.19 bits per heavy atom. The van der Waals surface area contributed by atoms with Gasteiger partial charge in [-0.3, -0.25) is 0 Å². The summed E-state index contributed by atoms with van der Waals surface area (Å²) in [5, 5.41) is 2.76. The smallest absolute Gasteiger partial charge is 0.492 e. The summed E-state index contributed by atoms with van der Waals surface area (Å²) in [4.78, 5) is 24.3. The van der Waals surface area contributed by atoms with Crippen LogP contribution in [0.5, 0.6) is 5.75 Å². The van der Waals surface area contributed by atoms with Crippen LogP contribution >= 0.6 is 0 Å². The standard InChI is InChI=1S/C23H34BNO7/c1-21(2,3)30-20(27)25-14-17(24-31-22(4,5)23(6,7)32-24)13-16-12-15(19(26)29-9)10-11-18(16)28-8/h10-13H,14H2,1-9H3,(H,25,27). The maximum Gasteiger partial charge on any atom is 0.492 e. The fourth-order valence-corrected chi connectivity index (χ4v) is 2.98. The number of alkyl carbamates (subject to hydrolysis) is 1. The summed E-state index contributed by atoms with van der Waals surface area (Å²) in [5.74, 6) is 0.0790. The van der Waals surface area contributed by atoms with Gasteiger partial charge in [-0.25, -0.2) is 9.59 Å². The summed E-state index contributed by atoms with van der Waals surface area (Å²) < 4.78 is 28.0. The van der Waals surface area contributed by atoms with E-state index in [2.05, 4.69) is 5.32 Å². The van der Waals surface area contributed by atoms with Gasteiger partial charge >= 0.3 is 19.2 Å². The van der Waals surface area contributed by atoms with Crippen LogP contribution in [0.2, 0.25) is 0 Å². The van der Waals surface area contributed by atoms with Crippen LogP contribution in [-0.4, -0.2) is 56.7 Å². The molecule has 1 N–H and O–H groups in total. The first kappa shape index (κ1) is 25.7. The zero-order chi connectivity index (χ0) is 24.3. The molecule has 0 atom stereocenters. The van der Waals surface area contributed by atoms with Crippen LogP contribution in [0.25, 0.3) is 6.08 Å². The molecule has 1 aliphatic rings. The minimum atomic E-state index is -0.721. The number of methoxy groups -OCH3 is 2. The first-order valence-electron chi connectivity index (χ1n) is 10.5. The molecule has 8 nitrogen and oxygen atoms in total. The van der Waals surface area contributed by atoms with Crippen LogP contribution in [0, 0.1) is 0 Å². The van der Waals surface area contributed by atoms with Crippen molar-refractivity contribution in [3.63, 3.8) is 0 Å². The van der Waals surface area contributed by atoms with E-state index >= 15 is 0 Å². The molecule has 1 fully saturated rings. The van der Waals surface area contributed by atoms with Gasteiger partial charge in [0.05, 0.1) is 31.0 Å². The van der Waals surface area contributed by atoms with Gasteiger partial charge in [0.25, 0.3) is 0 Å². The topological polar surface area (TPSA) is 92.3 Å². The fraction of sp³-hybridized carbons (Fsp3) is 0.565. The third-order valence-electron chi connectivity index (χ3n) is 5.38. The largest absolute Gasteiger partial charge is 0.496 e. The Labute approximate surface area is 190 Å². The average Bonchev–Trinajstić information content (AvgIpc) is 2.90. The van der Waals surface area contributed by atoms with Gasteiger partial charge in [0, 0.05) is 12.1 Å². The van der Waals surface area contributed by atoms with Crippen LogP contribution in [0.15, 0.2) is 23.7 Å². The van der Waals surface area contributed by atoms with Crippen LogP contribution in [0.1, 0.15) is 64.4 Å². The van der Waals surface area contributed by atoms with Gasteiger partial charge in [-0.05, 0) is 72.1 Å². The molecule has 0 aliphatic carbocycles. The van der Waals surface area contributed by atoms with E-state index in [0.717, 1.165) is 0 Å². The molecule has 32 heavy (non-hydrogen) atoms. The van der Waals surface area contributed by atoms with Crippen LogP contribution in [-0.2, 0) is 18.8 Å². The van der Waals surface area contributed by atoms with Gasteiger partial charge < -0.3 is 28.8 Å². The Hall–Kier alpha value is -2.52. The first-order valence-corrected chi connectivity index (χ1v) is 10.5. The number of esters is 1. The molecule has 0 saturated carbocycles. The van der Waals surface area contributed by atoms with E-state index in [1.165, 1.54) is 14.2 Å². The zero-order valence-electron chi connectivity index (χ0n) is 20.5. The predicted molar refractivity (Wildman–Crippen MR) is 123 cm³/mol. The van der Waals surface area contributed by atoms with E-state index in [9.17, 15) is 9.59 Å². The summed E-state index contributed by atoms with van der Waals surface area (Å²) >= 11 is 0. The Kier molecular flexibility index (Phi) is 7.68. The van der Waals surface area contributed by atoms with Gasteiger partial charge in [-0.2, -0.15) is 0 Å². The van der Waals surface area contributed by atoms with E-state index in [1.54, 1.807) is 45.0 Å². The van der Waals surface area contributed by atoms with Crippen molar-refractivity contribution in [3.8, 4) is 5.75 Å². The molecule has 0 bridgehead atoms. The van der Waals surface area contributed by atoms with E-state index < -0.39 is 36.0 Å². The van der Waals surface area contributed by atoms with E-state index in [-0.39, 0.29) is 6.54 Å². The second kappa shape index (κ2) is 9.54. The van der Waals surface area contributed by atoms with Crippen molar-refractivity contribution < 1.29 is 33.1 Å². The highest BCUT2D eigenvalue weighted by Gasteiger charge is 2.52. The Morgan fingerprint density at radius 1 is 1.09 bits per heavy atom. The van der Waals surface area contributed by atoms with Gasteiger partial charge in [0.1, 0.15) is 11.4 Å². The molecule has 176 valence electrons. The average molecular weight is 447 g/mol. The second-order valence-electron chi connectivity index (χ2n) is 9.61. The molecular weight excluding hydrogens is 413 g/mol. The Bertz CT molecular complexity index is 871. The third kappa shape index (κ3) is 6.26. The third-order valence-corrected chi connectivity index (χ3v) is 5.38. The highest BCUT2D eigenvalue weighted by atomic mass is 16.7. The molecule has 0 spiro atoms. The van der Waals surface area contributed by atoms with Crippen molar-refractivity contribution in [3.05, 3.63) is 34.8 Å². The summed E-state index contributed by atoms with van der Waals surface area (Å²) in [7, 11) is 2.14. The number of benzene rings is 1. The second-order valence-corrected chi connectivity index (χ2v) is 9.61. The molecule has 1 aromatic carbocycles. The lowest BCUT2D eigenvalue weighted by atomic mass is 9.76. The first-order chi connectivity index (χ1) is 14.7. The minimum absolute atomic E-state index is 0.108. The predicted octanol–water partition coefficient (Wildman–Crippen LogP) is 4.02. The van der Waals surface area contributed by atoms with Gasteiger partial charge in [0.15, 0.2) is 0 Å². The molecule has 1 heterocycles. The number of nitrogens with one attached hydrogen (secondary N) is 1. The highest BCUT2D eigenvalue weighted by molar-refractivity contribution is 6.56. The monoisotopic (exact) mass is 447 g/mol. The molecule has 2 rings (SSSR count). The molecule has 1 saturated heterocycles. The minimum Gasteiger partial charge on any atom is -0.496 e. The van der Waals surface area contributed by atoms with E-state index in [1.807, 2.05) is 27.7 Å². The van der Waals surface area contributed by atoms with Crippen molar-refractivity contribution in [1.29, 1.82) is 0 Å². The van der Waals surface area contributed by atoms with Gasteiger partial charge in [-0.15, -0.1) is 0 Å².